The van der Waals surface area contributed by atoms with Gasteiger partial charge in [0, 0.05) is 7.05 Å². The lowest BCUT2D eigenvalue weighted by molar-refractivity contribution is 0.249. The Balaban J connectivity index is 1.71. The maximum Gasteiger partial charge on any atom is 0.321 e. The second-order valence-corrected chi connectivity index (χ2v) is 6.54. The van der Waals surface area contributed by atoms with Gasteiger partial charge in [0.05, 0.1) is 11.0 Å². The molecule has 4 rings (SSSR count). The van der Waals surface area contributed by atoms with E-state index in [0.29, 0.717) is 5.13 Å². The molecule has 0 radical (unpaired) electrons. The molecular weight excluding hydrogens is 348 g/mol. The number of carbonyl (C=O) groups is 1. The zero-order chi connectivity index (χ0) is 17.9. The van der Waals surface area contributed by atoms with Crippen molar-refractivity contribution < 1.29 is 4.79 Å². The average molecular weight is 364 g/mol. The van der Waals surface area contributed by atoms with Gasteiger partial charge >= 0.3 is 6.03 Å². The van der Waals surface area contributed by atoms with E-state index in [2.05, 4.69) is 20.8 Å². The summed E-state index contributed by atoms with van der Waals surface area (Å²) in [4.78, 5) is 17.2. The highest BCUT2D eigenvalue weighted by molar-refractivity contribution is 7.13. The smallest absolute Gasteiger partial charge is 0.321 e. The van der Waals surface area contributed by atoms with E-state index in [1.807, 2.05) is 66.2 Å². The van der Waals surface area contributed by atoms with Crippen molar-refractivity contribution in [3.8, 4) is 0 Å². The van der Waals surface area contributed by atoms with Gasteiger partial charge in [0.25, 0.3) is 0 Å². The summed E-state index contributed by atoms with van der Waals surface area (Å²) < 4.78 is 2.00. The summed E-state index contributed by atoms with van der Waals surface area (Å²) in [5, 5.41) is 13.7. The van der Waals surface area contributed by atoms with Crippen molar-refractivity contribution in [2.45, 2.75) is 6.04 Å². The van der Waals surface area contributed by atoms with Crippen LogP contribution in [0.25, 0.3) is 11.0 Å². The average Bonchev–Trinajstić information content (AvgIpc) is 3.29. The number of nitrogens with one attached hydrogen (secondary N) is 2. The van der Waals surface area contributed by atoms with Crippen molar-refractivity contribution >= 4 is 33.5 Å². The van der Waals surface area contributed by atoms with E-state index >= 15 is 0 Å². The monoisotopic (exact) mass is 364 g/mol. The number of rotatable bonds is 4. The van der Waals surface area contributed by atoms with Gasteiger partial charge in [-0.05, 0) is 17.7 Å². The van der Waals surface area contributed by atoms with Gasteiger partial charge in [-0.1, -0.05) is 53.8 Å². The highest BCUT2D eigenvalue weighted by atomic mass is 32.1. The van der Waals surface area contributed by atoms with Crippen LogP contribution >= 0.6 is 11.3 Å². The molecule has 130 valence electrons. The number of carbonyl (C=O) groups excluding carboxylic acids is 1. The Labute approximate surface area is 153 Å². The molecule has 0 spiro atoms. The molecule has 1 atom stereocenters. The summed E-state index contributed by atoms with van der Waals surface area (Å²) >= 11 is 1.26. The Morgan fingerprint density at radius 2 is 1.88 bits per heavy atom. The Bertz CT molecular complexity index is 1030. The minimum Gasteiger partial charge on any atom is -0.329 e. The number of fused-ring (bicyclic) bond motifs is 1. The quantitative estimate of drug-likeness (QED) is 0.582. The van der Waals surface area contributed by atoms with E-state index in [0.717, 1.165) is 22.4 Å². The minimum absolute atomic E-state index is 0.359. The number of urea groups is 1. The second-order valence-electron chi connectivity index (χ2n) is 5.70. The van der Waals surface area contributed by atoms with Gasteiger partial charge in [-0.2, -0.15) is 0 Å². The van der Waals surface area contributed by atoms with Gasteiger partial charge in [-0.15, -0.1) is 10.2 Å². The maximum atomic E-state index is 12.5. The molecule has 2 amide bonds. The molecule has 0 saturated carbocycles. The SMILES string of the molecule is Cn1c(C(NC(=O)Nc2nncs2)c2ccccc2)nc2ccccc21. The van der Waals surface area contributed by atoms with E-state index < -0.39 is 6.04 Å². The number of para-hydroxylation sites is 2. The Morgan fingerprint density at radius 3 is 2.62 bits per heavy atom. The number of benzene rings is 2. The van der Waals surface area contributed by atoms with E-state index in [1.165, 1.54) is 11.3 Å². The van der Waals surface area contributed by atoms with Crippen LogP contribution in [0.5, 0.6) is 0 Å². The van der Waals surface area contributed by atoms with Crippen molar-refractivity contribution in [2.24, 2.45) is 7.05 Å². The molecule has 2 heterocycles. The fourth-order valence-corrected chi connectivity index (χ4v) is 3.30. The molecule has 2 N–H and O–H groups in total. The molecule has 0 saturated heterocycles. The van der Waals surface area contributed by atoms with Crippen LogP contribution in [0.15, 0.2) is 60.1 Å². The molecular formula is C18H16N6OS. The Morgan fingerprint density at radius 1 is 1.12 bits per heavy atom. The molecule has 0 bridgehead atoms. The zero-order valence-corrected chi connectivity index (χ0v) is 14.8. The van der Waals surface area contributed by atoms with E-state index in [4.69, 9.17) is 4.98 Å². The summed E-state index contributed by atoms with van der Waals surface area (Å²) in [6, 6.07) is 16.9. The van der Waals surface area contributed by atoms with Crippen LogP contribution < -0.4 is 10.6 Å². The summed E-state index contributed by atoms with van der Waals surface area (Å²) in [7, 11) is 1.95. The molecule has 2 aromatic heterocycles. The number of hydrogen-bond acceptors (Lipinski definition) is 5. The largest absolute Gasteiger partial charge is 0.329 e. The molecule has 26 heavy (non-hydrogen) atoms. The van der Waals surface area contributed by atoms with Crippen molar-refractivity contribution in [1.29, 1.82) is 0 Å². The lowest BCUT2D eigenvalue weighted by Gasteiger charge is -2.19. The number of aryl methyl sites for hydroxylation is 1. The lowest BCUT2D eigenvalue weighted by atomic mass is 10.1. The predicted molar refractivity (Wildman–Crippen MR) is 101 cm³/mol. The van der Waals surface area contributed by atoms with E-state index in [9.17, 15) is 4.79 Å². The van der Waals surface area contributed by atoms with Gasteiger partial charge < -0.3 is 9.88 Å². The van der Waals surface area contributed by atoms with Crippen LogP contribution in [0, 0.1) is 0 Å². The van der Waals surface area contributed by atoms with Crippen molar-refractivity contribution in [2.75, 3.05) is 5.32 Å². The summed E-state index contributed by atoms with van der Waals surface area (Å²) in [5.41, 5.74) is 4.40. The summed E-state index contributed by atoms with van der Waals surface area (Å²) in [5.74, 6) is 0.754. The zero-order valence-electron chi connectivity index (χ0n) is 14.0. The molecule has 2 aromatic carbocycles. The van der Waals surface area contributed by atoms with Crippen molar-refractivity contribution in [3.63, 3.8) is 0 Å². The highest BCUT2D eigenvalue weighted by Gasteiger charge is 2.23. The van der Waals surface area contributed by atoms with Gasteiger partial charge in [0.1, 0.15) is 17.4 Å². The summed E-state index contributed by atoms with van der Waals surface area (Å²) in [6.07, 6.45) is 0. The lowest BCUT2D eigenvalue weighted by Crippen LogP contribution is -2.34. The number of aromatic nitrogens is 4. The van der Waals surface area contributed by atoms with Crippen LogP contribution in [0.4, 0.5) is 9.93 Å². The second kappa shape index (κ2) is 6.93. The topological polar surface area (TPSA) is 84.7 Å². The van der Waals surface area contributed by atoms with Crippen molar-refractivity contribution in [3.05, 3.63) is 71.5 Å². The number of hydrogen-bond donors (Lipinski definition) is 2. The van der Waals surface area contributed by atoms with E-state index in [-0.39, 0.29) is 6.03 Å². The first kappa shape index (κ1) is 16.2. The first-order valence-corrected chi connectivity index (χ1v) is 8.90. The normalized spacial score (nSPS) is 12.0. The van der Waals surface area contributed by atoms with Crippen LogP contribution in [0.2, 0.25) is 0 Å². The first-order valence-electron chi connectivity index (χ1n) is 8.02. The number of nitrogens with zero attached hydrogens (tertiary/aromatic N) is 4. The molecule has 1 unspecified atom stereocenters. The number of anilines is 1. The molecule has 0 fully saturated rings. The standard InChI is InChI=1S/C18H16N6OS/c1-24-14-10-6-5-9-13(14)20-16(24)15(12-7-3-2-4-8-12)21-17(25)22-18-23-19-11-26-18/h2-11,15H,1H3,(H2,21,22,23,25). The van der Waals surface area contributed by atoms with Crippen LogP contribution in [0.3, 0.4) is 0 Å². The highest BCUT2D eigenvalue weighted by Crippen LogP contribution is 2.25. The third kappa shape index (κ3) is 3.14. The first-order chi connectivity index (χ1) is 12.7. The van der Waals surface area contributed by atoms with Crippen molar-refractivity contribution in [1.82, 2.24) is 25.1 Å². The Kier molecular flexibility index (Phi) is 4.32. The van der Waals surface area contributed by atoms with E-state index in [1.54, 1.807) is 5.51 Å². The Hall–Kier alpha value is -3.26. The number of amides is 2. The van der Waals surface area contributed by atoms with Gasteiger partial charge in [-0.3, -0.25) is 5.32 Å². The van der Waals surface area contributed by atoms with Crippen LogP contribution in [0.1, 0.15) is 17.4 Å². The third-order valence-electron chi connectivity index (χ3n) is 4.07. The molecule has 8 heteroatoms. The number of imidazole rings is 1. The molecule has 7 nitrogen and oxygen atoms in total. The maximum absolute atomic E-state index is 12.5. The molecule has 0 aliphatic heterocycles. The predicted octanol–water partition coefficient (Wildman–Crippen LogP) is 3.34. The fourth-order valence-electron chi connectivity index (χ4n) is 2.86. The minimum atomic E-state index is -0.401. The van der Waals surface area contributed by atoms with Crippen LogP contribution in [-0.2, 0) is 7.05 Å². The molecule has 0 aliphatic rings. The van der Waals surface area contributed by atoms with Gasteiger partial charge in [0.15, 0.2) is 0 Å². The van der Waals surface area contributed by atoms with Gasteiger partial charge in [0.2, 0.25) is 5.13 Å². The van der Waals surface area contributed by atoms with Gasteiger partial charge in [-0.25, -0.2) is 9.78 Å². The van der Waals surface area contributed by atoms with Crippen LogP contribution in [-0.4, -0.2) is 25.8 Å². The molecule has 0 aliphatic carbocycles. The summed E-state index contributed by atoms with van der Waals surface area (Å²) in [6.45, 7) is 0. The fraction of sp³-hybridized carbons (Fsp3) is 0.111. The molecule has 4 aromatic rings. The third-order valence-corrected chi connectivity index (χ3v) is 4.68.